The van der Waals surface area contributed by atoms with Gasteiger partial charge in [0.2, 0.25) is 0 Å². The molecule has 1 aromatic heterocycles. The van der Waals surface area contributed by atoms with Gasteiger partial charge in [-0.2, -0.15) is 0 Å². The van der Waals surface area contributed by atoms with Crippen molar-refractivity contribution in [1.29, 1.82) is 0 Å². The van der Waals surface area contributed by atoms with Crippen molar-refractivity contribution in [2.75, 3.05) is 25.6 Å². The van der Waals surface area contributed by atoms with Crippen LogP contribution in [0.1, 0.15) is 11.3 Å². The van der Waals surface area contributed by atoms with E-state index in [0.717, 1.165) is 30.2 Å². The van der Waals surface area contributed by atoms with Crippen LogP contribution in [0.5, 0.6) is 5.75 Å². The maximum absolute atomic E-state index is 5.37. The molecule has 2 rings (SSSR count). The zero-order chi connectivity index (χ0) is 13.7. The Hall–Kier alpha value is -2.03. The highest BCUT2D eigenvalue weighted by molar-refractivity contribution is 5.39. The third-order valence-electron chi connectivity index (χ3n) is 3.17. The monoisotopic (exact) mass is 256 g/mol. The van der Waals surface area contributed by atoms with Crippen LogP contribution in [-0.2, 0) is 6.42 Å². The highest BCUT2D eigenvalue weighted by Gasteiger charge is 2.05. The highest BCUT2D eigenvalue weighted by atomic mass is 16.5. The number of aryl methyl sites for hydroxylation is 1. The lowest BCUT2D eigenvalue weighted by molar-refractivity contribution is 0.409. The van der Waals surface area contributed by atoms with Crippen molar-refractivity contribution >= 4 is 5.82 Å². The van der Waals surface area contributed by atoms with Crippen molar-refractivity contribution in [3.8, 4) is 5.75 Å². The van der Waals surface area contributed by atoms with Gasteiger partial charge in [0.15, 0.2) is 0 Å². The summed E-state index contributed by atoms with van der Waals surface area (Å²) in [5.74, 6) is 1.96. The molecule has 0 amide bonds. The van der Waals surface area contributed by atoms with Gasteiger partial charge in [-0.15, -0.1) is 0 Å². The highest BCUT2D eigenvalue weighted by Crippen LogP contribution is 2.18. The van der Waals surface area contributed by atoms with E-state index >= 15 is 0 Å². The van der Waals surface area contributed by atoms with Crippen molar-refractivity contribution in [1.82, 2.24) is 4.98 Å². The average Bonchev–Trinajstić information content (AvgIpc) is 2.45. The van der Waals surface area contributed by atoms with Gasteiger partial charge >= 0.3 is 0 Å². The number of aromatic nitrogens is 1. The maximum atomic E-state index is 5.37. The van der Waals surface area contributed by atoms with Crippen LogP contribution in [0, 0.1) is 6.92 Å². The van der Waals surface area contributed by atoms with Gasteiger partial charge in [0.05, 0.1) is 7.11 Å². The van der Waals surface area contributed by atoms with E-state index in [9.17, 15) is 0 Å². The predicted molar refractivity (Wildman–Crippen MR) is 78.9 cm³/mol. The fourth-order valence-corrected chi connectivity index (χ4v) is 2.05. The number of likely N-dealkylation sites (N-methyl/N-ethyl adjacent to an activating group) is 1. The molecule has 0 unspecified atom stereocenters. The van der Waals surface area contributed by atoms with Crippen LogP contribution in [0.4, 0.5) is 5.82 Å². The van der Waals surface area contributed by atoms with Gasteiger partial charge in [-0.3, -0.25) is 0 Å². The average molecular weight is 256 g/mol. The maximum Gasteiger partial charge on any atom is 0.128 e. The molecule has 1 heterocycles. The van der Waals surface area contributed by atoms with E-state index in [-0.39, 0.29) is 0 Å². The molecule has 0 aliphatic rings. The topological polar surface area (TPSA) is 25.4 Å². The predicted octanol–water partition coefficient (Wildman–Crippen LogP) is 3.08. The largest absolute Gasteiger partial charge is 0.496 e. The first-order valence-electron chi connectivity index (χ1n) is 6.47. The lowest BCUT2D eigenvalue weighted by Crippen LogP contribution is -2.21. The normalized spacial score (nSPS) is 10.3. The van der Waals surface area contributed by atoms with Gasteiger partial charge in [0.1, 0.15) is 11.6 Å². The number of pyridine rings is 1. The van der Waals surface area contributed by atoms with Crippen molar-refractivity contribution in [2.45, 2.75) is 13.3 Å². The Morgan fingerprint density at radius 2 is 1.89 bits per heavy atom. The number of anilines is 1. The molecular weight excluding hydrogens is 236 g/mol. The number of hydrogen-bond acceptors (Lipinski definition) is 3. The van der Waals surface area contributed by atoms with E-state index in [1.54, 1.807) is 7.11 Å². The minimum atomic E-state index is 0.914. The Morgan fingerprint density at radius 3 is 2.63 bits per heavy atom. The van der Waals surface area contributed by atoms with Crippen LogP contribution in [-0.4, -0.2) is 25.7 Å². The number of rotatable bonds is 5. The molecule has 0 aliphatic heterocycles. The van der Waals surface area contributed by atoms with Gasteiger partial charge in [-0.05, 0) is 37.1 Å². The van der Waals surface area contributed by atoms with Crippen LogP contribution in [0.2, 0.25) is 0 Å². The zero-order valence-electron chi connectivity index (χ0n) is 11.8. The molecule has 0 fully saturated rings. The molecule has 0 radical (unpaired) electrons. The zero-order valence-corrected chi connectivity index (χ0v) is 11.8. The second-order valence-electron chi connectivity index (χ2n) is 4.62. The second kappa shape index (κ2) is 6.23. The SMILES string of the molecule is COc1ccccc1CCN(C)c1cccc(C)n1. The summed E-state index contributed by atoms with van der Waals surface area (Å²) in [5.41, 5.74) is 2.27. The molecule has 3 heteroatoms. The molecule has 0 N–H and O–H groups in total. The Labute approximate surface area is 114 Å². The number of nitrogens with zero attached hydrogens (tertiary/aromatic N) is 2. The van der Waals surface area contributed by atoms with Crippen LogP contribution in [0.3, 0.4) is 0 Å². The van der Waals surface area contributed by atoms with Gasteiger partial charge in [0.25, 0.3) is 0 Å². The van der Waals surface area contributed by atoms with E-state index in [1.807, 2.05) is 43.3 Å². The van der Waals surface area contributed by atoms with Crippen molar-refractivity contribution in [3.05, 3.63) is 53.7 Å². The Morgan fingerprint density at radius 1 is 1.11 bits per heavy atom. The van der Waals surface area contributed by atoms with Crippen molar-refractivity contribution in [3.63, 3.8) is 0 Å². The van der Waals surface area contributed by atoms with Gasteiger partial charge in [0, 0.05) is 19.3 Å². The molecule has 100 valence electrons. The molecule has 1 aromatic carbocycles. The van der Waals surface area contributed by atoms with E-state index in [2.05, 4.69) is 23.0 Å². The van der Waals surface area contributed by atoms with Gasteiger partial charge < -0.3 is 9.64 Å². The third-order valence-corrected chi connectivity index (χ3v) is 3.17. The number of para-hydroxylation sites is 1. The molecule has 19 heavy (non-hydrogen) atoms. The Bertz CT molecular complexity index is 540. The quantitative estimate of drug-likeness (QED) is 0.822. The minimum Gasteiger partial charge on any atom is -0.496 e. The first-order valence-corrected chi connectivity index (χ1v) is 6.47. The van der Waals surface area contributed by atoms with E-state index in [4.69, 9.17) is 4.74 Å². The standard InChI is InChI=1S/C16H20N2O/c1-13-7-6-10-16(17-13)18(2)12-11-14-8-4-5-9-15(14)19-3/h4-10H,11-12H2,1-3H3. The second-order valence-corrected chi connectivity index (χ2v) is 4.62. The molecule has 2 aromatic rings. The molecule has 0 saturated carbocycles. The van der Waals surface area contributed by atoms with Crippen LogP contribution >= 0.6 is 0 Å². The smallest absolute Gasteiger partial charge is 0.128 e. The first kappa shape index (κ1) is 13.4. The molecule has 3 nitrogen and oxygen atoms in total. The number of benzene rings is 1. The summed E-state index contributed by atoms with van der Waals surface area (Å²) in [4.78, 5) is 6.69. The van der Waals surface area contributed by atoms with Crippen molar-refractivity contribution < 1.29 is 4.74 Å². The van der Waals surface area contributed by atoms with Gasteiger partial charge in [-0.25, -0.2) is 4.98 Å². The van der Waals surface area contributed by atoms with Crippen LogP contribution in [0.15, 0.2) is 42.5 Å². The van der Waals surface area contributed by atoms with E-state index in [0.29, 0.717) is 0 Å². The molecular formula is C16H20N2O. The van der Waals surface area contributed by atoms with E-state index < -0.39 is 0 Å². The summed E-state index contributed by atoms with van der Waals surface area (Å²) < 4.78 is 5.37. The lowest BCUT2D eigenvalue weighted by Gasteiger charge is -2.19. The molecule has 0 aliphatic carbocycles. The first-order chi connectivity index (χ1) is 9.20. The Balaban J connectivity index is 2.02. The summed E-state index contributed by atoms with van der Waals surface area (Å²) >= 11 is 0. The summed E-state index contributed by atoms with van der Waals surface area (Å²) in [6.07, 6.45) is 0.941. The fraction of sp³-hybridized carbons (Fsp3) is 0.312. The summed E-state index contributed by atoms with van der Waals surface area (Å²) in [6, 6.07) is 14.2. The fourth-order valence-electron chi connectivity index (χ4n) is 2.05. The molecule has 0 bridgehead atoms. The number of methoxy groups -OCH3 is 1. The molecule has 0 spiro atoms. The summed E-state index contributed by atoms with van der Waals surface area (Å²) in [5, 5.41) is 0. The minimum absolute atomic E-state index is 0.914. The Kier molecular flexibility index (Phi) is 4.39. The molecule has 0 atom stereocenters. The number of ether oxygens (including phenoxy) is 1. The summed E-state index contributed by atoms with van der Waals surface area (Å²) in [6.45, 7) is 2.92. The third kappa shape index (κ3) is 3.47. The van der Waals surface area contributed by atoms with Crippen molar-refractivity contribution in [2.24, 2.45) is 0 Å². The number of hydrogen-bond donors (Lipinski definition) is 0. The van der Waals surface area contributed by atoms with Crippen LogP contribution in [0.25, 0.3) is 0 Å². The van der Waals surface area contributed by atoms with E-state index in [1.165, 1.54) is 5.56 Å². The molecule has 0 saturated heterocycles. The van der Waals surface area contributed by atoms with Gasteiger partial charge in [-0.1, -0.05) is 24.3 Å². The van der Waals surface area contributed by atoms with Crippen LogP contribution < -0.4 is 9.64 Å². The lowest BCUT2D eigenvalue weighted by atomic mass is 10.1. The summed E-state index contributed by atoms with van der Waals surface area (Å²) in [7, 11) is 3.78.